The lowest BCUT2D eigenvalue weighted by atomic mass is 10.0. The Hall–Kier alpha value is -2.82. The van der Waals surface area contributed by atoms with Gasteiger partial charge in [-0.15, -0.1) is 0 Å². The Morgan fingerprint density at radius 2 is 1.89 bits per heavy atom. The van der Waals surface area contributed by atoms with Crippen LogP contribution >= 0.6 is 0 Å². The molecule has 2 aromatic carbocycles. The number of nitrogens with zero attached hydrogens (tertiary/aromatic N) is 2. The highest BCUT2D eigenvalue weighted by Gasteiger charge is 2.37. The van der Waals surface area contributed by atoms with Crippen molar-refractivity contribution in [1.29, 1.82) is 0 Å². The number of hydrogen-bond acceptors (Lipinski definition) is 3. The van der Waals surface area contributed by atoms with E-state index < -0.39 is 0 Å². The second kappa shape index (κ2) is 7.82. The van der Waals surface area contributed by atoms with Crippen molar-refractivity contribution in [1.82, 2.24) is 0 Å². The Kier molecular flexibility index (Phi) is 5.49. The van der Waals surface area contributed by atoms with Crippen molar-refractivity contribution in [2.45, 2.75) is 27.2 Å². The largest absolute Gasteiger partial charge is 0.497 e. The Balaban J connectivity index is 1.80. The van der Waals surface area contributed by atoms with E-state index in [1.54, 1.807) is 16.9 Å². The molecule has 3 rings (SSSR count). The summed E-state index contributed by atoms with van der Waals surface area (Å²) in [6.07, 6.45) is 0.242. The van der Waals surface area contributed by atoms with Crippen LogP contribution in [0.15, 0.2) is 42.5 Å². The van der Waals surface area contributed by atoms with Gasteiger partial charge in [0.1, 0.15) is 5.75 Å². The van der Waals surface area contributed by atoms with Gasteiger partial charge in [-0.2, -0.15) is 0 Å². The molecule has 0 radical (unpaired) electrons. The summed E-state index contributed by atoms with van der Waals surface area (Å²) in [5.74, 6) is 0.399. The van der Waals surface area contributed by atoms with E-state index in [1.165, 1.54) is 0 Å². The molecular weight excluding hydrogens is 340 g/mol. The maximum atomic E-state index is 13.2. The fraction of sp³-hybridized carbons (Fsp3) is 0.364. The topological polar surface area (TPSA) is 49.9 Å². The van der Waals surface area contributed by atoms with Gasteiger partial charge in [0, 0.05) is 30.9 Å². The molecule has 27 heavy (non-hydrogen) atoms. The number of ether oxygens (including phenoxy) is 1. The monoisotopic (exact) mass is 366 g/mol. The fourth-order valence-corrected chi connectivity index (χ4v) is 3.56. The van der Waals surface area contributed by atoms with Crippen LogP contribution in [0.1, 0.15) is 24.5 Å². The van der Waals surface area contributed by atoms with Crippen LogP contribution in [0.25, 0.3) is 0 Å². The summed E-state index contributed by atoms with van der Waals surface area (Å²) >= 11 is 0. The van der Waals surface area contributed by atoms with Gasteiger partial charge < -0.3 is 14.5 Å². The highest BCUT2D eigenvalue weighted by atomic mass is 16.5. The molecule has 1 unspecified atom stereocenters. The number of aryl methyl sites for hydroxylation is 2. The molecule has 2 amide bonds. The van der Waals surface area contributed by atoms with E-state index in [0.717, 1.165) is 28.3 Å². The molecule has 1 atom stereocenters. The number of methoxy groups -OCH3 is 1. The van der Waals surface area contributed by atoms with Crippen molar-refractivity contribution < 1.29 is 14.3 Å². The third-order valence-electron chi connectivity index (χ3n) is 5.10. The average molecular weight is 366 g/mol. The second-order valence-electron chi connectivity index (χ2n) is 6.98. The first kappa shape index (κ1) is 19.0. The van der Waals surface area contributed by atoms with Gasteiger partial charge in [0.2, 0.25) is 11.8 Å². The van der Waals surface area contributed by atoms with Crippen molar-refractivity contribution in [2.75, 3.05) is 30.0 Å². The van der Waals surface area contributed by atoms with E-state index in [2.05, 4.69) is 0 Å². The molecule has 0 N–H and O–H groups in total. The fourth-order valence-electron chi connectivity index (χ4n) is 3.56. The van der Waals surface area contributed by atoms with Crippen molar-refractivity contribution >= 4 is 23.2 Å². The molecule has 1 heterocycles. The molecule has 1 saturated heterocycles. The molecule has 5 heteroatoms. The summed E-state index contributed by atoms with van der Waals surface area (Å²) < 4.78 is 5.17. The van der Waals surface area contributed by atoms with Gasteiger partial charge in [-0.05, 0) is 62.2 Å². The van der Waals surface area contributed by atoms with E-state index >= 15 is 0 Å². The molecule has 142 valence electrons. The highest BCUT2D eigenvalue weighted by molar-refractivity contribution is 6.04. The van der Waals surface area contributed by atoms with Gasteiger partial charge in [0.25, 0.3) is 0 Å². The summed E-state index contributed by atoms with van der Waals surface area (Å²) in [6.45, 7) is 6.99. The number of anilines is 2. The van der Waals surface area contributed by atoms with Crippen LogP contribution in [0.5, 0.6) is 5.75 Å². The zero-order valence-corrected chi connectivity index (χ0v) is 16.4. The molecule has 0 spiro atoms. The lowest BCUT2D eigenvalue weighted by molar-refractivity contribution is -0.124. The summed E-state index contributed by atoms with van der Waals surface area (Å²) in [4.78, 5) is 29.2. The van der Waals surface area contributed by atoms with E-state index in [0.29, 0.717) is 13.1 Å². The van der Waals surface area contributed by atoms with E-state index in [-0.39, 0.29) is 24.2 Å². The minimum absolute atomic E-state index is 0.00978. The van der Waals surface area contributed by atoms with Crippen LogP contribution in [0, 0.1) is 19.8 Å². The average Bonchev–Trinajstić information content (AvgIpc) is 3.07. The number of benzene rings is 2. The number of carbonyl (C=O) groups excluding carboxylic acids is 2. The molecule has 1 aliphatic rings. The third-order valence-corrected chi connectivity index (χ3v) is 5.10. The van der Waals surface area contributed by atoms with Crippen LogP contribution in [0.3, 0.4) is 0 Å². The lowest BCUT2D eigenvalue weighted by Gasteiger charge is -2.26. The molecule has 0 aromatic heterocycles. The predicted octanol–water partition coefficient (Wildman–Crippen LogP) is 3.72. The molecule has 1 aliphatic heterocycles. The Morgan fingerprint density at radius 3 is 2.52 bits per heavy atom. The second-order valence-corrected chi connectivity index (χ2v) is 6.98. The van der Waals surface area contributed by atoms with Crippen molar-refractivity contribution in [3.05, 3.63) is 53.6 Å². The first-order valence-electron chi connectivity index (χ1n) is 9.27. The van der Waals surface area contributed by atoms with Crippen molar-refractivity contribution in [3.63, 3.8) is 0 Å². The van der Waals surface area contributed by atoms with Gasteiger partial charge in [0.15, 0.2) is 0 Å². The quantitative estimate of drug-likeness (QED) is 0.810. The number of hydrogen-bond donors (Lipinski definition) is 0. The smallest absolute Gasteiger partial charge is 0.232 e. The van der Waals surface area contributed by atoms with E-state index in [1.807, 2.05) is 63.2 Å². The molecule has 2 aromatic rings. The molecule has 0 aliphatic carbocycles. The number of carbonyl (C=O) groups is 2. The Bertz CT molecular complexity index is 845. The van der Waals surface area contributed by atoms with Gasteiger partial charge in [-0.1, -0.05) is 12.1 Å². The van der Waals surface area contributed by atoms with Gasteiger partial charge in [0.05, 0.1) is 13.0 Å². The summed E-state index contributed by atoms with van der Waals surface area (Å²) in [7, 11) is 1.61. The van der Waals surface area contributed by atoms with Gasteiger partial charge >= 0.3 is 0 Å². The number of rotatable bonds is 5. The zero-order valence-electron chi connectivity index (χ0n) is 16.4. The Labute approximate surface area is 160 Å². The standard InChI is InChI=1S/C22H26N2O3/c1-5-23(20-12-15(2)6-7-16(20)3)22(26)17-13-21(25)24(14-17)18-8-10-19(27-4)11-9-18/h6-12,17H,5,13-14H2,1-4H3. The predicted molar refractivity (Wildman–Crippen MR) is 107 cm³/mol. The van der Waals surface area contributed by atoms with Crippen LogP contribution in [-0.4, -0.2) is 32.0 Å². The van der Waals surface area contributed by atoms with E-state index in [4.69, 9.17) is 4.74 Å². The SMILES string of the molecule is CCN(C(=O)C1CC(=O)N(c2ccc(OC)cc2)C1)c1cc(C)ccc1C. The molecular formula is C22H26N2O3. The summed E-state index contributed by atoms with van der Waals surface area (Å²) in [6, 6.07) is 13.5. The molecule has 5 nitrogen and oxygen atoms in total. The van der Waals surface area contributed by atoms with E-state index in [9.17, 15) is 9.59 Å². The highest BCUT2D eigenvalue weighted by Crippen LogP contribution is 2.30. The minimum atomic E-state index is -0.334. The van der Waals surface area contributed by atoms with Crippen LogP contribution < -0.4 is 14.5 Å². The Morgan fingerprint density at radius 1 is 1.19 bits per heavy atom. The normalized spacial score (nSPS) is 16.5. The lowest BCUT2D eigenvalue weighted by Crippen LogP contribution is -2.38. The number of amides is 2. The van der Waals surface area contributed by atoms with Crippen molar-refractivity contribution in [3.8, 4) is 5.75 Å². The van der Waals surface area contributed by atoms with Gasteiger partial charge in [-0.25, -0.2) is 0 Å². The molecule has 0 bridgehead atoms. The zero-order chi connectivity index (χ0) is 19.6. The van der Waals surface area contributed by atoms with Crippen molar-refractivity contribution in [2.24, 2.45) is 5.92 Å². The maximum absolute atomic E-state index is 13.2. The molecule has 0 saturated carbocycles. The first-order chi connectivity index (χ1) is 12.9. The maximum Gasteiger partial charge on any atom is 0.232 e. The third kappa shape index (κ3) is 3.82. The summed E-state index contributed by atoms with van der Waals surface area (Å²) in [5.41, 5.74) is 3.90. The minimum Gasteiger partial charge on any atom is -0.497 e. The van der Waals surface area contributed by atoms with Crippen LogP contribution in [0.4, 0.5) is 11.4 Å². The summed E-state index contributed by atoms with van der Waals surface area (Å²) in [5, 5.41) is 0. The van der Waals surface area contributed by atoms with Gasteiger partial charge in [-0.3, -0.25) is 9.59 Å². The molecule has 1 fully saturated rings. The van der Waals surface area contributed by atoms with Crippen LogP contribution in [-0.2, 0) is 9.59 Å². The first-order valence-corrected chi connectivity index (χ1v) is 9.27. The van der Waals surface area contributed by atoms with Crippen LogP contribution in [0.2, 0.25) is 0 Å².